The van der Waals surface area contributed by atoms with Gasteiger partial charge in [-0.2, -0.15) is 9.40 Å². The largest absolute Gasteiger partial charge is 0.396 e. The lowest BCUT2D eigenvalue weighted by molar-refractivity contribution is -0.0508. The Morgan fingerprint density at radius 2 is 2.14 bits per heavy atom. The summed E-state index contributed by atoms with van der Waals surface area (Å²) in [7, 11) is 0.223. The van der Waals surface area contributed by atoms with Gasteiger partial charge in [-0.15, -0.1) is 0 Å². The molecule has 3 heterocycles. The lowest BCUT2D eigenvalue weighted by Gasteiger charge is -2.53. The number of aromatic nitrogens is 2. The molecule has 22 heavy (non-hydrogen) atoms. The molecule has 0 unspecified atom stereocenters. The zero-order chi connectivity index (χ0) is 16.0. The fourth-order valence-electron chi connectivity index (χ4n) is 3.89. The van der Waals surface area contributed by atoms with Gasteiger partial charge in [0.05, 0.1) is 12.8 Å². The summed E-state index contributed by atoms with van der Waals surface area (Å²) < 4.78 is 28.6. The van der Waals surface area contributed by atoms with Gasteiger partial charge in [-0.3, -0.25) is 4.68 Å². The van der Waals surface area contributed by atoms with E-state index in [2.05, 4.69) is 10.00 Å². The first-order valence-corrected chi connectivity index (χ1v) is 9.13. The van der Waals surface area contributed by atoms with Crippen LogP contribution in [0.25, 0.3) is 0 Å². The van der Waals surface area contributed by atoms with E-state index >= 15 is 0 Å². The minimum absolute atomic E-state index is 0.0754. The highest BCUT2D eigenvalue weighted by molar-refractivity contribution is 7.89. The van der Waals surface area contributed by atoms with Gasteiger partial charge in [0.1, 0.15) is 4.90 Å². The van der Waals surface area contributed by atoms with Crippen LogP contribution in [0.15, 0.2) is 17.3 Å². The number of rotatable bonds is 3. The summed E-state index contributed by atoms with van der Waals surface area (Å²) in [5.74, 6) is 0. The Kier molecular flexibility index (Phi) is 4.05. The average molecular weight is 328 g/mol. The van der Waals surface area contributed by atoms with Gasteiger partial charge in [-0.1, -0.05) is 0 Å². The first kappa shape index (κ1) is 15.9. The summed E-state index contributed by atoms with van der Waals surface area (Å²) in [6.45, 7) is 1.98. The number of likely N-dealkylation sites (N-methyl/N-ethyl adjacent to an activating group) is 1. The topological polar surface area (TPSA) is 78.7 Å². The van der Waals surface area contributed by atoms with Crippen molar-refractivity contribution in [1.82, 2.24) is 19.0 Å². The predicted molar refractivity (Wildman–Crippen MR) is 81.8 cm³/mol. The van der Waals surface area contributed by atoms with Gasteiger partial charge < -0.3 is 10.0 Å². The number of likely N-dealkylation sites (tertiary alicyclic amines) is 1. The normalized spacial score (nSPS) is 31.1. The molecule has 1 aromatic rings. The van der Waals surface area contributed by atoms with Crippen LogP contribution in [-0.2, 0) is 17.1 Å². The summed E-state index contributed by atoms with van der Waals surface area (Å²) in [6, 6.07) is 0.0754. The maximum atomic E-state index is 12.8. The molecule has 2 aliphatic rings. The molecule has 0 aliphatic carbocycles. The van der Waals surface area contributed by atoms with E-state index in [1.165, 1.54) is 17.1 Å². The van der Waals surface area contributed by atoms with Gasteiger partial charge in [0.2, 0.25) is 10.0 Å². The van der Waals surface area contributed by atoms with Crippen LogP contribution < -0.4 is 0 Å². The predicted octanol–water partition coefficient (Wildman–Crippen LogP) is -0.113. The maximum absolute atomic E-state index is 12.8. The van der Waals surface area contributed by atoms with E-state index in [0.717, 1.165) is 19.4 Å². The van der Waals surface area contributed by atoms with Crippen molar-refractivity contribution >= 4 is 10.0 Å². The summed E-state index contributed by atoms with van der Waals surface area (Å²) in [4.78, 5) is 2.44. The number of aliphatic hydroxyl groups excluding tert-OH is 1. The number of sulfonamides is 1. The van der Waals surface area contributed by atoms with Crippen LogP contribution in [0.2, 0.25) is 0 Å². The van der Waals surface area contributed by atoms with Crippen molar-refractivity contribution in [3.05, 3.63) is 12.4 Å². The Balaban J connectivity index is 1.86. The van der Waals surface area contributed by atoms with Gasteiger partial charge in [0.15, 0.2) is 0 Å². The van der Waals surface area contributed by atoms with Crippen molar-refractivity contribution in [2.75, 3.05) is 33.3 Å². The Morgan fingerprint density at radius 3 is 2.77 bits per heavy atom. The number of fused-ring (bicyclic) bond motifs is 1. The number of piperidine rings is 2. The van der Waals surface area contributed by atoms with Gasteiger partial charge in [0.25, 0.3) is 0 Å². The van der Waals surface area contributed by atoms with E-state index in [1.807, 2.05) is 7.05 Å². The molecule has 0 radical (unpaired) electrons. The van der Waals surface area contributed by atoms with E-state index in [4.69, 9.17) is 0 Å². The number of nitrogens with zero attached hydrogens (tertiary/aromatic N) is 4. The maximum Gasteiger partial charge on any atom is 0.246 e. The van der Waals surface area contributed by atoms with Crippen LogP contribution in [0.4, 0.5) is 0 Å². The lowest BCUT2D eigenvalue weighted by atomic mass is 9.69. The van der Waals surface area contributed by atoms with Crippen molar-refractivity contribution < 1.29 is 13.5 Å². The monoisotopic (exact) mass is 328 g/mol. The Hall–Kier alpha value is -0.960. The molecule has 7 nitrogen and oxygen atoms in total. The molecule has 0 spiro atoms. The molecule has 8 heteroatoms. The summed E-state index contributed by atoms with van der Waals surface area (Å²) in [6.07, 6.45) is 5.67. The summed E-state index contributed by atoms with van der Waals surface area (Å²) in [5, 5.41) is 13.9. The highest BCUT2D eigenvalue weighted by atomic mass is 32.2. The van der Waals surface area contributed by atoms with Gasteiger partial charge in [-0.25, -0.2) is 8.42 Å². The fraction of sp³-hybridized carbons (Fsp3) is 0.786. The Labute approximate surface area is 131 Å². The van der Waals surface area contributed by atoms with E-state index in [1.54, 1.807) is 11.4 Å². The third-order valence-electron chi connectivity index (χ3n) is 5.29. The molecule has 2 aliphatic heterocycles. The van der Waals surface area contributed by atoms with Crippen LogP contribution >= 0.6 is 0 Å². The molecular formula is C14H24N4O3S. The lowest BCUT2D eigenvalue weighted by Crippen LogP contribution is -2.62. The van der Waals surface area contributed by atoms with Crippen LogP contribution in [0.1, 0.15) is 19.3 Å². The molecule has 0 bridgehead atoms. The number of hydrogen-bond acceptors (Lipinski definition) is 5. The van der Waals surface area contributed by atoms with Crippen molar-refractivity contribution in [3.63, 3.8) is 0 Å². The molecule has 0 amide bonds. The second kappa shape index (κ2) is 5.59. The zero-order valence-electron chi connectivity index (χ0n) is 13.1. The second-order valence-corrected chi connectivity index (χ2v) is 8.52. The smallest absolute Gasteiger partial charge is 0.246 e. The van der Waals surface area contributed by atoms with Crippen molar-refractivity contribution in [2.45, 2.75) is 30.2 Å². The standard InChI is InChI=1S/C14H24N4O3S/c1-16-6-3-4-14(11-19)5-7-18(10-13(14)16)22(20,21)12-8-15-17(2)9-12/h8-9,13,19H,3-7,10-11H2,1-2H3/t13-,14-/m1/s1. The number of hydrogen-bond donors (Lipinski definition) is 1. The quantitative estimate of drug-likeness (QED) is 0.837. The molecule has 2 fully saturated rings. The molecule has 0 saturated carbocycles. The minimum Gasteiger partial charge on any atom is -0.396 e. The van der Waals surface area contributed by atoms with Crippen LogP contribution in [0.3, 0.4) is 0 Å². The van der Waals surface area contributed by atoms with E-state index in [0.29, 0.717) is 19.5 Å². The molecule has 124 valence electrons. The molecule has 1 aromatic heterocycles. The molecule has 3 rings (SSSR count). The van der Waals surface area contributed by atoms with Crippen LogP contribution in [-0.4, -0.2) is 71.8 Å². The average Bonchev–Trinajstić information content (AvgIpc) is 2.94. The van der Waals surface area contributed by atoms with E-state index in [9.17, 15) is 13.5 Å². The molecule has 2 atom stereocenters. The molecule has 2 saturated heterocycles. The first-order valence-electron chi connectivity index (χ1n) is 7.69. The van der Waals surface area contributed by atoms with Crippen LogP contribution in [0, 0.1) is 5.41 Å². The molecule has 1 N–H and O–H groups in total. The highest BCUT2D eigenvalue weighted by Gasteiger charge is 2.48. The van der Waals surface area contributed by atoms with E-state index in [-0.39, 0.29) is 23.0 Å². The van der Waals surface area contributed by atoms with Crippen molar-refractivity contribution in [3.8, 4) is 0 Å². The third-order valence-corrected chi connectivity index (χ3v) is 7.11. The summed E-state index contributed by atoms with van der Waals surface area (Å²) >= 11 is 0. The highest BCUT2D eigenvalue weighted by Crippen LogP contribution is 2.42. The fourth-order valence-corrected chi connectivity index (χ4v) is 5.32. The first-order chi connectivity index (χ1) is 10.4. The molecular weight excluding hydrogens is 304 g/mol. The number of aliphatic hydroxyl groups is 1. The van der Waals surface area contributed by atoms with Gasteiger partial charge >= 0.3 is 0 Å². The SMILES string of the molecule is CN1CCC[C@]2(CO)CCN(S(=O)(=O)c3cnn(C)c3)C[C@@H]12. The number of aryl methyl sites for hydroxylation is 1. The Morgan fingerprint density at radius 1 is 1.36 bits per heavy atom. The zero-order valence-corrected chi connectivity index (χ0v) is 14.0. The van der Waals surface area contributed by atoms with Gasteiger partial charge in [-0.05, 0) is 32.9 Å². The van der Waals surface area contributed by atoms with Crippen molar-refractivity contribution in [1.29, 1.82) is 0 Å². The Bertz CT molecular complexity index is 644. The third kappa shape index (κ3) is 2.47. The van der Waals surface area contributed by atoms with Gasteiger partial charge in [0, 0.05) is 37.8 Å². The second-order valence-electron chi connectivity index (χ2n) is 6.58. The van der Waals surface area contributed by atoms with Crippen LogP contribution in [0.5, 0.6) is 0 Å². The van der Waals surface area contributed by atoms with E-state index < -0.39 is 10.0 Å². The minimum atomic E-state index is -3.51. The molecule has 0 aromatic carbocycles. The summed E-state index contributed by atoms with van der Waals surface area (Å²) in [5.41, 5.74) is -0.159. The van der Waals surface area contributed by atoms with Crippen molar-refractivity contribution in [2.24, 2.45) is 12.5 Å².